The predicted molar refractivity (Wildman–Crippen MR) is 217 cm³/mol. The van der Waals surface area contributed by atoms with E-state index in [4.69, 9.17) is 28.8 Å². The first-order valence-corrected chi connectivity index (χ1v) is 17.9. The van der Waals surface area contributed by atoms with Crippen LogP contribution in [0.3, 0.4) is 0 Å². The van der Waals surface area contributed by atoms with E-state index >= 15 is 0 Å². The van der Waals surface area contributed by atoms with E-state index in [2.05, 4.69) is 109 Å². The van der Waals surface area contributed by atoms with Crippen molar-refractivity contribution in [3.8, 4) is 56.7 Å². The van der Waals surface area contributed by atoms with Crippen molar-refractivity contribution >= 4 is 54.6 Å². The second-order valence-electron chi connectivity index (χ2n) is 13.4. The molecule has 0 saturated heterocycles. The van der Waals surface area contributed by atoms with Gasteiger partial charge in [0.1, 0.15) is 16.7 Å². The van der Waals surface area contributed by atoms with Gasteiger partial charge in [-0.25, -0.2) is 19.9 Å². The van der Waals surface area contributed by atoms with Crippen LogP contribution in [0.15, 0.2) is 179 Å². The molecule has 6 nitrogen and oxygen atoms in total. The number of hydrogen-bond donors (Lipinski definition) is 0. The van der Waals surface area contributed by atoms with Crippen LogP contribution in [0.5, 0.6) is 0 Å². The number of fused-ring (bicyclic) bond motifs is 8. The molecule has 0 amide bonds. The van der Waals surface area contributed by atoms with E-state index in [0.717, 1.165) is 82.4 Å². The third-order valence-electron chi connectivity index (χ3n) is 10.2. The maximum absolute atomic E-state index is 6.73. The minimum atomic E-state index is 0.560. The lowest BCUT2D eigenvalue weighted by Gasteiger charge is -2.12. The van der Waals surface area contributed by atoms with Gasteiger partial charge in [-0.05, 0) is 57.6 Å². The van der Waals surface area contributed by atoms with Crippen LogP contribution in [0.25, 0.3) is 111 Å². The molecular weight excluding hydrogens is 665 g/mol. The first-order valence-electron chi connectivity index (χ1n) is 17.9. The largest absolute Gasteiger partial charge is 0.455 e. The topological polar surface area (TPSA) is 77.8 Å². The number of hydrogen-bond acceptors (Lipinski definition) is 6. The number of benzene rings is 8. The van der Waals surface area contributed by atoms with Crippen molar-refractivity contribution in [1.29, 1.82) is 0 Å². The van der Waals surface area contributed by atoms with E-state index in [0.29, 0.717) is 28.9 Å². The van der Waals surface area contributed by atoms with Gasteiger partial charge in [0.2, 0.25) is 5.89 Å². The van der Waals surface area contributed by atoms with Gasteiger partial charge in [-0.15, -0.1) is 0 Å². The Hall–Kier alpha value is -7.44. The zero-order valence-corrected chi connectivity index (χ0v) is 28.8. The minimum Gasteiger partial charge on any atom is -0.455 e. The Balaban J connectivity index is 1.14. The first-order chi connectivity index (χ1) is 26.7. The van der Waals surface area contributed by atoms with Crippen molar-refractivity contribution in [3.63, 3.8) is 0 Å². The van der Waals surface area contributed by atoms with Crippen molar-refractivity contribution < 1.29 is 8.83 Å². The quantitative estimate of drug-likeness (QED) is 0.179. The lowest BCUT2D eigenvalue weighted by molar-refractivity contribution is 0.622. The summed E-state index contributed by atoms with van der Waals surface area (Å²) >= 11 is 0. The molecule has 8 aromatic carbocycles. The van der Waals surface area contributed by atoms with Gasteiger partial charge >= 0.3 is 0 Å². The van der Waals surface area contributed by atoms with Gasteiger partial charge in [0.25, 0.3) is 0 Å². The molecule has 0 aliphatic heterocycles. The summed E-state index contributed by atoms with van der Waals surface area (Å²) in [7, 11) is 0. The first kappa shape index (κ1) is 30.2. The highest BCUT2D eigenvalue weighted by molar-refractivity contribution is 6.23. The Kier molecular flexibility index (Phi) is 6.75. The number of aromatic nitrogens is 4. The minimum absolute atomic E-state index is 0.560. The summed E-state index contributed by atoms with van der Waals surface area (Å²) in [5.74, 6) is 2.33. The van der Waals surface area contributed by atoms with Crippen LogP contribution in [0.1, 0.15) is 0 Å². The van der Waals surface area contributed by atoms with Gasteiger partial charge < -0.3 is 8.83 Å². The zero-order chi connectivity index (χ0) is 35.6. The number of oxazole rings is 1. The molecule has 0 radical (unpaired) electrons. The van der Waals surface area contributed by atoms with Crippen molar-refractivity contribution in [3.05, 3.63) is 170 Å². The zero-order valence-electron chi connectivity index (χ0n) is 28.8. The molecule has 3 aromatic heterocycles. The molecule has 0 spiro atoms. The molecule has 11 rings (SSSR count). The second-order valence-corrected chi connectivity index (χ2v) is 13.4. The third kappa shape index (κ3) is 4.89. The SMILES string of the molecule is c1ccc(-c2ccc(-c3nc(-c4cccc5ccccc45)nc(-c4cccc5ccc6c(oc7ccc8nc(-c9ccccc9)oc8c76)c45)n3)cc2)cc1. The van der Waals surface area contributed by atoms with Crippen molar-refractivity contribution in [2.75, 3.05) is 0 Å². The van der Waals surface area contributed by atoms with Crippen LogP contribution >= 0.6 is 0 Å². The van der Waals surface area contributed by atoms with Gasteiger partial charge in [-0.1, -0.05) is 140 Å². The van der Waals surface area contributed by atoms with Crippen LogP contribution in [0.2, 0.25) is 0 Å². The fourth-order valence-electron chi connectivity index (χ4n) is 7.57. The van der Waals surface area contributed by atoms with Crippen LogP contribution < -0.4 is 0 Å². The van der Waals surface area contributed by atoms with E-state index in [-0.39, 0.29) is 0 Å². The van der Waals surface area contributed by atoms with Gasteiger partial charge in [0.05, 0.1) is 5.39 Å². The van der Waals surface area contributed by atoms with Crippen LogP contribution in [-0.2, 0) is 0 Å². The second kappa shape index (κ2) is 12.1. The fourth-order valence-corrected chi connectivity index (χ4v) is 7.57. The predicted octanol–water partition coefficient (Wildman–Crippen LogP) is 12.6. The molecular formula is C48H28N4O2. The van der Waals surface area contributed by atoms with Crippen LogP contribution in [-0.4, -0.2) is 19.9 Å². The van der Waals surface area contributed by atoms with Gasteiger partial charge in [0.15, 0.2) is 23.1 Å². The van der Waals surface area contributed by atoms with Crippen molar-refractivity contribution in [2.45, 2.75) is 0 Å². The van der Waals surface area contributed by atoms with Crippen LogP contribution in [0.4, 0.5) is 0 Å². The van der Waals surface area contributed by atoms with E-state index in [1.165, 1.54) is 0 Å². The lowest BCUT2D eigenvalue weighted by Crippen LogP contribution is -2.01. The molecule has 252 valence electrons. The summed E-state index contributed by atoms with van der Waals surface area (Å²) in [6, 6.07) is 57.7. The van der Waals surface area contributed by atoms with Gasteiger partial charge in [-0.2, -0.15) is 0 Å². The third-order valence-corrected chi connectivity index (χ3v) is 10.2. The molecule has 0 atom stereocenters. The van der Waals surface area contributed by atoms with E-state index in [1.807, 2.05) is 60.7 Å². The maximum Gasteiger partial charge on any atom is 0.227 e. The molecule has 11 aromatic rings. The smallest absolute Gasteiger partial charge is 0.227 e. The molecule has 0 saturated carbocycles. The summed E-state index contributed by atoms with van der Waals surface area (Å²) in [6.45, 7) is 0. The average Bonchev–Trinajstić information content (AvgIpc) is 3.86. The molecule has 3 heterocycles. The highest BCUT2D eigenvalue weighted by Gasteiger charge is 2.22. The maximum atomic E-state index is 6.73. The average molecular weight is 693 g/mol. The molecule has 0 aliphatic carbocycles. The molecule has 0 N–H and O–H groups in total. The Labute approximate surface area is 309 Å². The van der Waals surface area contributed by atoms with E-state index in [1.54, 1.807) is 0 Å². The van der Waals surface area contributed by atoms with Crippen molar-refractivity contribution in [2.24, 2.45) is 0 Å². The summed E-state index contributed by atoms with van der Waals surface area (Å²) < 4.78 is 13.2. The summed E-state index contributed by atoms with van der Waals surface area (Å²) in [5.41, 5.74) is 8.82. The summed E-state index contributed by atoms with van der Waals surface area (Å²) in [5, 5.41) is 5.95. The Morgan fingerprint density at radius 3 is 1.78 bits per heavy atom. The number of furan rings is 1. The molecule has 0 aliphatic rings. The number of rotatable bonds is 5. The summed E-state index contributed by atoms with van der Waals surface area (Å²) in [4.78, 5) is 20.4. The molecule has 0 unspecified atom stereocenters. The highest BCUT2D eigenvalue weighted by Crippen LogP contribution is 2.42. The number of nitrogens with zero attached hydrogens (tertiary/aromatic N) is 4. The van der Waals surface area contributed by atoms with Gasteiger partial charge in [-0.3, -0.25) is 0 Å². The Bertz CT molecular complexity index is 3200. The van der Waals surface area contributed by atoms with Crippen molar-refractivity contribution in [1.82, 2.24) is 19.9 Å². The van der Waals surface area contributed by atoms with Crippen LogP contribution in [0, 0.1) is 0 Å². The normalized spacial score (nSPS) is 11.7. The Morgan fingerprint density at radius 2 is 0.963 bits per heavy atom. The molecule has 54 heavy (non-hydrogen) atoms. The molecule has 0 bridgehead atoms. The Morgan fingerprint density at radius 1 is 0.333 bits per heavy atom. The lowest BCUT2D eigenvalue weighted by atomic mass is 10.00. The van der Waals surface area contributed by atoms with E-state index in [9.17, 15) is 0 Å². The summed E-state index contributed by atoms with van der Waals surface area (Å²) in [6.07, 6.45) is 0. The molecule has 0 fully saturated rings. The highest BCUT2D eigenvalue weighted by atomic mass is 16.4. The molecule has 6 heteroatoms. The standard InChI is InChI=1S/C48H28N4O2/c1-3-11-29(12-4-1)30-21-23-33(24-22-30)45-50-46(36-19-9-16-31-13-7-8-18-35(31)36)52-47(51-45)38-20-10-17-32-25-26-37-42-40(53-43(37)41(32)38)28-27-39-44(42)54-48(49-39)34-14-5-2-6-15-34/h1-28H. The monoisotopic (exact) mass is 692 g/mol. The fraction of sp³-hybridized carbons (Fsp3) is 0. The van der Waals surface area contributed by atoms with E-state index < -0.39 is 0 Å². The van der Waals surface area contributed by atoms with Gasteiger partial charge in [0, 0.05) is 33.0 Å².